The predicted molar refractivity (Wildman–Crippen MR) is 92.5 cm³/mol. The lowest BCUT2D eigenvalue weighted by molar-refractivity contribution is -0.140. The van der Waals surface area contributed by atoms with E-state index in [0.29, 0.717) is 31.3 Å². The van der Waals surface area contributed by atoms with Crippen LogP contribution in [0.5, 0.6) is 0 Å². The minimum Gasteiger partial charge on any atom is -0.351 e. The quantitative estimate of drug-likeness (QED) is 0.693. The molecule has 3 aromatic heterocycles. The molecule has 0 saturated carbocycles. The van der Waals surface area contributed by atoms with Gasteiger partial charge in [-0.1, -0.05) is 0 Å². The second kappa shape index (κ2) is 6.38. The van der Waals surface area contributed by atoms with Crippen molar-refractivity contribution in [1.29, 1.82) is 0 Å². The van der Waals surface area contributed by atoms with Crippen LogP contribution in [0.1, 0.15) is 12.6 Å². The summed E-state index contributed by atoms with van der Waals surface area (Å²) in [7, 11) is 0. The smallest absolute Gasteiger partial charge is 0.351 e. The Bertz CT molecular complexity index is 911. The van der Waals surface area contributed by atoms with Crippen molar-refractivity contribution in [3.8, 4) is 0 Å². The molecule has 1 aliphatic rings. The summed E-state index contributed by atoms with van der Waals surface area (Å²) >= 11 is 1.02. The first-order valence-electron chi connectivity index (χ1n) is 8.16. The minimum atomic E-state index is -4.40. The summed E-state index contributed by atoms with van der Waals surface area (Å²) in [5.41, 5.74) is 0.702. The van der Waals surface area contributed by atoms with Gasteiger partial charge in [-0.25, -0.2) is 19.9 Å². The van der Waals surface area contributed by atoms with Crippen molar-refractivity contribution >= 4 is 33.5 Å². The molecule has 138 valence electrons. The number of aromatic nitrogens is 5. The number of aryl methyl sites for hydroxylation is 1. The number of imidazole rings is 1. The summed E-state index contributed by atoms with van der Waals surface area (Å²) in [6, 6.07) is 0. The number of halogens is 3. The van der Waals surface area contributed by atoms with E-state index >= 15 is 0 Å². The first-order chi connectivity index (χ1) is 12.5. The first-order valence-corrected chi connectivity index (χ1v) is 9.03. The Kier molecular flexibility index (Phi) is 4.17. The van der Waals surface area contributed by atoms with Crippen LogP contribution in [0.15, 0.2) is 18.0 Å². The molecule has 4 heterocycles. The van der Waals surface area contributed by atoms with Gasteiger partial charge in [-0.05, 0) is 6.92 Å². The summed E-state index contributed by atoms with van der Waals surface area (Å²) in [4.78, 5) is 20.8. The molecular weight excluding hydrogens is 367 g/mol. The third kappa shape index (κ3) is 2.96. The maximum atomic E-state index is 12.7. The molecule has 0 amide bonds. The average molecular weight is 383 g/mol. The van der Waals surface area contributed by atoms with Gasteiger partial charge in [-0.15, -0.1) is 11.3 Å². The summed E-state index contributed by atoms with van der Waals surface area (Å²) < 4.78 is 40.1. The molecule has 0 unspecified atom stereocenters. The Balaban J connectivity index is 1.50. The molecule has 0 atom stereocenters. The van der Waals surface area contributed by atoms with Crippen molar-refractivity contribution in [2.24, 2.45) is 0 Å². The van der Waals surface area contributed by atoms with E-state index in [9.17, 15) is 13.2 Å². The Hall–Kier alpha value is -2.43. The number of alkyl halides is 3. The zero-order valence-corrected chi connectivity index (χ0v) is 14.8. The summed E-state index contributed by atoms with van der Waals surface area (Å²) in [5.74, 6) is 0.761. The van der Waals surface area contributed by atoms with Crippen LogP contribution in [-0.4, -0.2) is 50.7 Å². The molecule has 0 N–H and O–H groups in total. The number of hydrogen-bond donors (Lipinski definition) is 0. The summed E-state index contributed by atoms with van der Waals surface area (Å²) in [6.07, 6.45) is -1.14. The lowest BCUT2D eigenvalue weighted by Crippen LogP contribution is -2.47. The van der Waals surface area contributed by atoms with Gasteiger partial charge >= 0.3 is 6.18 Å². The topological polar surface area (TPSA) is 63.0 Å². The largest absolute Gasteiger partial charge is 0.434 e. The highest BCUT2D eigenvalue weighted by atomic mass is 32.1. The molecule has 1 aliphatic heterocycles. The lowest BCUT2D eigenvalue weighted by Gasteiger charge is -2.35. The maximum Gasteiger partial charge on any atom is 0.434 e. The number of fused-ring (bicyclic) bond motifs is 1. The van der Waals surface area contributed by atoms with Crippen LogP contribution in [0.4, 0.5) is 24.1 Å². The average Bonchev–Trinajstić information content (AvgIpc) is 3.28. The van der Waals surface area contributed by atoms with Gasteiger partial charge in [0, 0.05) is 38.1 Å². The molecule has 1 saturated heterocycles. The Morgan fingerprint density at radius 1 is 1.08 bits per heavy atom. The van der Waals surface area contributed by atoms with E-state index in [1.54, 1.807) is 6.33 Å². The van der Waals surface area contributed by atoms with Gasteiger partial charge in [0.05, 0.1) is 6.33 Å². The molecular formula is C15H16F3N7S. The van der Waals surface area contributed by atoms with Crippen molar-refractivity contribution in [1.82, 2.24) is 24.5 Å². The van der Waals surface area contributed by atoms with Crippen LogP contribution in [-0.2, 0) is 12.7 Å². The molecule has 0 radical (unpaired) electrons. The fraction of sp³-hybridized carbons (Fsp3) is 0.467. The molecule has 0 spiro atoms. The van der Waals surface area contributed by atoms with Crippen LogP contribution in [0.3, 0.4) is 0 Å². The molecule has 0 aliphatic carbocycles. The number of hydrogen-bond acceptors (Lipinski definition) is 7. The Labute approximate surface area is 151 Å². The number of anilines is 2. The molecule has 0 aromatic carbocycles. The second-order valence-corrected chi connectivity index (χ2v) is 6.72. The van der Waals surface area contributed by atoms with Gasteiger partial charge in [-0.2, -0.15) is 13.2 Å². The maximum absolute atomic E-state index is 12.7. The van der Waals surface area contributed by atoms with Gasteiger partial charge < -0.3 is 14.4 Å². The van der Waals surface area contributed by atoms with Crippen LogP contribution in [0.25, 0.3) is 11.2 Å². The molecule has 3 aromatic rings. The van der Waals surface area contributed by atoms with Gasteiger partial charge in [-0.3, -0.25) is 0 Å². The third-order valence-corrected chi connectivity index (χ3v) is 5.26. The predicted octanol–water partition coefficient (Wildman–Crippen LogP) is 2.65. The molecule has 7 nitrogen and oxygen atoms in total. The van der Waals surface area contributed by atoms with E-state index < -0.39 is 11.9 Å². The summed E-state index contributed by atoms with van der Waals surface area (Å²) in [5, 5.41) is 1.47. The van der Waals surface area contributed by atoms with Crippen molar-refractivity contribution < 1.29 is 13.2 Å². The van der Waals surface area contributed by atoms with Crippen molar-refractivity contribution in [2.75, 3.05) is 36.0 Å². The highest BCUT2D eigenvalue weighted by Gasteiger charge is 2.34. The Morgan fingerprint density at radius 2 is 1.81 bits per heavy atom. The fourth-order valence-corrected chi connectivity index (χ4v) is 3.87. The van der Waals surface area contributed by atoms with Crippen LogP contribution in [0.2, 0.25) is 0 Å². The van der Waals surface area contributed by atoms with E-state index in [2.05, 4.69) is 24.8 Å². The van der Waals surface area contributed by atoms with Crippen LogP contribution < -0.4 is 9.80 Å². The van der Waals surface area contributed by atoms with Gasteiger partial charge in [0.25, 0.3) is 0 Å². The van der Waals surface area contributed by atoms with Crippen molar-refractivity contribution in [2.45, 2.75) is 19.6 Å². The third-order valence-electron chi connectivity index (χ3n) is 4.35. The number of rotatable bonds is 3. The summed E-state index contributed by atoms with van der Waals surface area (Å²) in [6.45, 7) is 5.20. The van der Waals surface area contributed by atoms with Gasteiger partial charge in [0.15, 0.2) is 27.8 Å². The van der Waals surface area contributed by atoms with E-state index in [4.69, 9.17) is 0 Å². The zero-order chi connectivity index (χ0) is 18.3. The molecule has 1 fully saturated rings. The second-order valence-electron chi connectivity index (χ2n) is 5.89. The number of piperazine rings is 1. The van der Waals surface area contributed by atoms with E-state index in [0.717, 1.165) is 40.2 Å². The van der Waals surface area contributed by atoms with Crippen LogP contribution >= 0.6 is 11.3 Å². The minimum absolute atomic E-state index is 0.403. The normalized spacial score (nSPS) is 15.8. The fourth-order valence-electron chi connectivity index (χ4n) is 2.98. The monoisotopic (exact) mass is 383 g/mol. The highest BCUT2D eigenvalue weighted by molar-refractivity contribution is 7.13. The van der Waals surface area contributed by atoms with E-state index in [-0.39, 0.29) is 0 Å². The van der Waals surface area contributed by atoms with Crippen LogP contribution in [0, 0.1) is 0 Å². The van der Waals surface area contributed by atoms with Gasteiger partial charge in [0.2, 0.25) is 0 Å². The number of thiazole rings is 1. The number of nitrogens with zero attached hydrogens (tertiary/aromatic N) is 7. The Morgan fingerprint density at radius 3 is 2.46 bits per heavy atom. The van der Waals surface area contributed by atoms with Crippen molar-refractivity contribution in [3.63, 3.8) is 0 Å². The SMILES string of the molecule is CCn1cnc2c(N3CCN(c4nc(C(F)(F)F)cs4)CC3)ncnc21. The molecule has 11 heteroatoms. The zero-order valence-electron chi connectivity index (χ0n) is 13.9. The highest BCUT2D eigenvalue weighted by Crippen LogP contribution is 2.33. The standard InChI is InChI=1S/C15H16F3N7S/c1-2-23-9-21-11-12(23)19-8-20-13(11)24-3-5-25(6-4-24)14-22-10(7-26-14)15(16,17)18/h7-9H,2-6H2,1H3. The van der Waals surface area contributed by atoms with Gasteiger partial charge in [0.1, 0.15) is 6.33 Å². The lowest BCUT2D eigenvalue weighted by atomic mass is 10.3. The van der Waals surface area contributed by atoms with Crippen molar-refractivity contribution in [3.05, 3.63) is 23.7 Å². The first kappa shape index (κ1) is 17.0. The van der Waals surface area contributed by atoms with E-state index in [1.165, 1.54) is 6.33 Å². The van der Waals surface area contributed by atoms with E-state index in [1.807, 2.05) is 16.4 Å². The molecule has 26 heavy (non-hydrogen) atoms. The molecule has 4 rings (SSSR count). The molecule has 0 bridgehead atoms.